The molecule has 0 fully saturated rings. The van der Waals surface area contributed by atoms with E-state index in [0.717, 1.165) is 23.6 Å². The van der Waals surface area contributed by atoms with E-state index >= 15 is 0 Å². The second-order valence-electron chi connectivity index (χ2n) is 3.08. The van der Waals surface area contributed by atoms with Crippen molar-refractivity contribution in [3.05, 3.63) is 18.0 Å². The molecule has 0 atom stereocenters. The minimum atomic E-state index is 0.662. The van der Waals surface area contributed by atoms with E-state index in [1.165, 1.54) is 5.56 Å². The molecule has 0 aliphatic rings. The lowest BCUT2D eigenvalue weighted by Gasteiger charge is -2.07. The molecule has 0 aliphatic carbocycles. The fraction of sp³-hybridized carbons (Fsp3) is 0.667. The molecule has 0 radical (unpaired) electrons. The van der Waals surface area contributed by atoms with Gasteiger partial charge in [0.25, 0.3) is 0 Å². The van der Waals surface area contributed by atoms with Gasteiger partial charge in [0.05, 0.1) is 6.20 Å². The van der Waals surface area contributed by atoms with Crippen molar-refractivity contribution in [3.63, 3.8) is 0 Å². The summed E-state index contributed by atoms with van der Waals surface area (Å²) in [4.78, 5) is 0. The highest BCUT2D eigenvalue weighted by molar-refractivity contribution is 9.09. The van der Waals surface area contributed by atoms with Crippen molar-refractivity contribution in [2.45, 2.75) is 19.9 Å². The van der Waals surface area contributed by atoms with Crippen LogP contribution in [0.1, 0.15) is 12.5 Å². The van der Waals surface area contributed by atoms with Crippen LogP contribution in [0.2, 0.25) is 0 Å². The van der Waals surface area contributed by atoms with E-state index in [2.05, 4.69) is 50.1 Å². The SMILES string of the molecule is CCn1cc(CC(CBr)CBr)cn1. The van der Waals surface area contributed by atoms with Gasteiger partial charge in [-0.15, -0.1) is 0 Å². The molecule has 2 nitrogen and oxygen atoms in total. The van der Waals surface area contributed by atoms with E-state index in [0.29, 0.717) is 5.92 Å². The van der Waals surface area contributed by atoms with Gasteiger partial charge < -0.3 is 0 Å². The van der Waals surface area contributed by atoms with Crippen molar-refractivity contribution in [3.8, 4) is 0 Å². The molecule has 1 heterocycles. The summed E-state index contributed by atoms with van der Waals surface area (Å²) in [6.45, 7) is 3.05. The molecule has 13 heavy (non-hydrogen) atoms. The number of hydrogen-bond donors (Lipinski definition) is 0. The minimum absolute atomic E-state index is 0.662. The molecule has 1 aromatic heterocycles. The first-order chi connectivity index (χ1) is 6.30. The third-order valence-corrected chi connectivity index (χ3v) is 3.80. The first-order valence-electron chi connectivity index (χ1n) is 4.43. The highest BCUT2D eigenvalue weighted by atomic mass is 79.9. The molecule has 0 bridgehead atoms. The predicted octanol–water partition coefficient (Wildman–Crippen LogP) is 2.85. The van der Waals surface area contributed by atoms with Crippen LogP contribution in [0.3, 0.4) is 0 Å². The molecule has 74 valence electrons. The van der Waals surface area contributed by atoms with E-state index in [9.17, 15) is 0 Å². The maximum absolute atomic E-state index is 4.24. The van der Waals surface area contributed by atoms with Crippen LogP contribution < -0.4 is 0 Å². The molecule has 0 saturated carbocycles. The average Bonchev–Trinajstić information content (AvgIpc) is 2.61. The van der Waals surface area contributed by atoms with Crippen LogP contribution in [0, 0.1) is 5.92 Å². The van der Waals surface area contributed by atoms with Gasteiger partial charge in [-0.05, 0) is 24.8 Å². The molecule has 0 amide bonds. The van der Waals surface area contributed by atoms with Gasteiger partial charge in [-0.3, -0.25) is 4.68 Å². The summed E-state index contributed by atoms with van der Waals surface area (Å²) in [6.07, 6.45) is 5.18. The number of aryl methyl sites for hydroxylation is 1. The zero-order chi connectivity index (χ0) is 9.68. The number of rotatable bonds is 5. The second kappa shape index (κ2) is 5.81. The molecular formula is C9H14Br2N2. The summed E-state index contributed by atoms with van der Waals surface area (Å²) in [5, 5.41) is 6.32. The summed E-state index contributed by atoms with van der Waals surface area (Å²) in [7, 11) is 0. The molecular weight excluding hydrogens is 296 g/mol. The number of alkyl halides is 2. The minimum Gasteiger partial charge on any atom is -0.273 e. The molecule has 1 rings (SSSR count). The van der Waals surface area contributed by atoms with Crippen LogP contribution in [0.5, 0.6) is 0 Å². The van der Waals surface area contributed by atoms with Crippen LogP contribution in [-0.4, -0.2) is 20.4 Å². The van der Waals surface area contributed by atoms with E-state index in [4.69, 9.17) is 0 Å². The molecule has 0 aliphatic heterocycles. The smallest absolute Gasteiger partial charge is 0.0521 e. The molecule has 0 spiro atoms. The third kappa shape index (κ3) is 3.43. The number of hydrogen-bond acceptors (Lipinski definition) is 1. The summed E-state index contributed by atoms with van der Waals surface area (Å²) >= 11 is 7.00. The highest BCUT2D eigenvalue weighted by Crippen LogP contribution is 2.13. The first kappa shape index (κ1) is 11.2. The van der Waals surface area contributed by atoms with Crippen molar-refractivity contribution in [1.82, 2.24) is 9.78 Å². The molecule has 0 unspecified atom stereocenters. The fourth-order valence-corrected chi connectivity index (χ4v) is 2.70. The summed E-state index contributed by atoms with van der Waals surface area (Å²) in [5.74, 6) is 0.662. The predicted molar refractivity (Wildman–Crippen MR) is 62.7 cm³/mol. The summed E-state index contributed by atoms with van der Waals surface area (Å²) in [6, 6.07) is 0. The standard InChI is InChI=1S/C9H14Br2N2/c1-2-13-7-9(6-12-13)3-8(4-10)5-11/h6-8H,2-5H2,1H3. The van der Waals surface area contributed by atoms with Gasteiger partial charge in [0.15, 0.2) is 0 Å². The van der Waals surface area contributed by atoms with Gasteiger partial charge in [-0.2, -0.15) is 5.10 Å². The number of halogens is 2. The van der Waals surface area contributed by atoms with E-state index < -0.39 is 0 Å². The zero-order valence-electron chi connectivity index (χ0n) is 7.71. The van der Waals surface area contributed by atoms with Crippen LogP contribution in [-0.2, 0) is 13.0 Å². The third-order valence-electron chi connectivity index (χ3n) is 1.97. The molecule has 1 aromatic rings. The second-order valence-corrected chi connectivity index (χ2v) is 4.38. The topological polar surface area (TPSA) is 17.8 Å². The monoisotopic (exact) mass is 308 g/mol. The quantitative estimate of drug-likeness (QED) is 0.765. The van der Waals surface area contributed by atoms with E-state index in [1.807, 2.05) is 10.9 Å². The Morgan fingerprint density at radius 3 is 2.62 bits per heavy atom. The number of aromatic nitrogens is 2. The van der Waals surface area contributed by atoms with Crippen molar-refractivity contribution in [1.29, 1.82) is 0 Å². The van der Waals surface area contributed by atoms with Crippen LogP contribution in [0.4, 0.5) is 0 Å². The van der Waals surface area contributed by atoms with Crippen molar-refractivity contribution in [2.75, 3.05) is 10.7 Å². The highest BCUT2D eigenvalue weighted by Gasteiger charge is 2.07. The lowest BCUT2D eigenvalue weighted by Crippen LogP contribution is -2.06. The normalized spacial score (nSPS) is 11.1. The Morgan fingerprint density at radius 2 is 2.15 bits per heavy atom. The van der Waals surface area contributed by atoms with E-state index in [1.54, 1.807) is 0 Å². The molecule has 0 aromatic carbocycles. The maximum atomic E-state index is 4.24. The van der Waals surface area contributed by atoms with Crippen LogP contribution in [0.15, 0.2) is 12.4 Å². The summed E-state index contributed by atoms with van der Waals surface area (Å²) in [5.41, 5.74) is 1.32. The Morgan fingerprint density at radius 1 is 1.46 bits per heavy atom. The molecule has 0 saturated heterocycles. The Labute approximate surface area is 96.0 Å². The molecule has 4 heteroatoms. The van der Waals surface area contributed by atoms with Crippen molar-refractivity contribution in [2.24, 2.45) is 5.92 Å². The Kier molecular flexibility index (Phi) is 5.02. The Bertz CT molecular complexity index is 244. The van der Waals surface area contributed by atoms with Gasteiger partial charge in [0.2, 0.25) is 0 Å². The lowest BCUT2D eigenvalue weighted by atomic mass is 10.1. The molecule has 0 N–H and O–H groups in total. The fourth-order valence-electron chi connectivity index (χ4n) is 1.17. The zero-order valence-corrected chi connectivity index (χ0v) is 10.9. The van der Waals surface area contributed by atoms with Gasteiger partial charge in [0.1, 0.15) is 0 Å². The Hall–Kier alpha value is 0.170. The van der Waals surface area contributed by atoms with E-state index in [-0.39, 0.29) is 0 Å². The van der Waals surface area contributed by atoms with Crippen molar-refractivity contribution >= 4 is 31.9 Å². The van der Waals surface area contributed by atoms with Gasteiger partial charge in [-0.25, -0.2) is 0 Å². The summed E-state index contributed by atoms with van der Waals surface area (Å²) < 4.78 is 1.97. The van der Waals surface area contributed by atoms with Crippen LogP contribution in [0.25, 0.3) is 0 Å². The largest absolute Gasteiger partial charge is 0.273 e. The van der Waals surface area contributed by atoms with Crippen LogP contribution >= 0.6 is 31.9 Å². The lowest BCUT2D eigenvalue weighted by molar-refractivity contribution is 0.653. The first-order valence-corrected chi connectivity index (χ1v) is 6.67. The maximum Gasteiger partial charge on any atom is 0.0521 e. The number of nitrogens with zero attached hydrogens (tertiary/aromatic N) is 2. The van der Waals surface area contributed by atoms with Gasteiger partial charge in [-0.1, -0.05) is 31.9 Å². The van der Waals surface area contributed by atoms with Gasteiger partial charge in [0, 0.05) is 23.4 Å². The average molecular weight is 310 g/mol. The van der Waals surface area contributed by atoms with Crippen molar-refractivity contribution < 1.29 is 0 Å². The van der Waals surface area contributed by atoms with Gasteiger partial charge >= 0.3 is 0 Å². The Balaban J connectivity index is 2.52.